The van der Waals surface area contributed by atoms with Crippen LogP contribution in [0, 0.1) is 12.3 Å². The van der Waals surface area contributed by atoms with Crippen LogP contribution in [0.5, 0.6) is 0 Å². The van der Waals surface area contributed by atoms with Crippen molar-refractivity contribution in [3.8, 4) is 0 Å². The standard InChI is InChI=1S/C17H25N3OS/c1-12-19-16-13(3-2-4-14(16)22-12)20-11-17(6-5-15(20)21)7-9-18-10-8-17/h13,18H,2-11H2,1H3. The first-order chi connectivity index (χ1) is 10.7. The Kier molecular flexibility index (Phi) is 3.73. The molecule has 5 heteroatoms. The second-order valence-corrected chi connectivity index (χ2v) is 8.51. The second-order valence-electron chi connectivity index (χ2n) is 7.22. The van der Waals surface area contributed by atoms with Crippen LogP contribution in [0.3, 0.4) is 0 Å². The number of carbonyl (C=O) groups excluding carboxylic acids is 1. The summed E-state index contributed by atoms with van der Waals surface area (Å²) in [5.74, 6) is 0.354. The molecule has 0 aromatic carbocycles. The molecule has 120 valence electrons. The van der Waals surface area contributed by atoms with Crippen LogP contribution in [-0.4, -0.2) is 35.4 Å². The van der Waals surface area contributed by atoms with E-state index in [4.69, 9.17) is 4.98 Å². The maximum atomic E-state index is 12.6. The fourth-order valence-electron chi connectivity index (χ4n) is 4.51. The van der Waals surface area contributed by atoms with E-state index in [1.54, 1.807) is 0 Å². The van der Waals surface area contributed by atoms with Crippen LogP contribution in [0.25, 0.3) is 0 Å². The molecule has 1 unspecified atom stereocenters. The predicted molar refractivity (Wildman–Crippen MR) is 88.0 cm³/mol. The van der Waals surface area contributed by atoms with Gasteiger partial charge in [0.05, 0.1) is 16.7 Å². The summed E-state index contributed by atoms with van der Waals surface area (Å²) in [4.78, 5) is 21.0. The Labute approximate surface area is 136 Å². The molecule has 1 spiro atoms. The predicted octanol–water partition coefficient (Wildman–Crippen LogP) is 2.82. The number of carbonyl (C=O) groups is 1. The van der Waals surface area contributed by atoms with Crippen molar-refractivity contribution >= 4 is 17.2 Å². The van der Waals surface area contributed by atoms with Gasteiger partial charge >= 0.3 is 0 Å². The third kappa shape index (κ3) is 2.48. The molecular formula is C17H25N3OS. The number of fused-ring (bicyclic) bond motifs is 1. The van der Waals surface area contributed by atoms with Gasteiger partial charge in [0.1, 0.15) is 0 Å². The van der Waals surface area contributed by atoms with Gasteiger partial charge in [0.25, 0.3) is 0 Å². The molecule has 1 aromatic rings. The zero-order valence-corrected chi connectivity index (χ0v) is 14.2. The quantitative estimate of drug-likeness (QED) is 0.866. The number of nitrogens with zero attached hydrogens (tertiary/aromatic N) is 2. The number of hydrogen-bond donors (Lipinski definition) is 1. The Bertz CT molecular complexity index is 576. The fraction of sp³-hybridized carbons (Fsp3) is 0.765. The van der Waals surface area contributed by atoms with Gasteiger partial charge in [-0.3, -0.25) is 4.79 Å². The van der Waals surface area contributed by atoms with Gasteiger partial charge in [-0.15, -0.1) is 11.3 Å². The van der Waals surface area contributed by atoms with Gasteiger partial charge in [-0.2, -0.15) is 0 Å². The van der Waals surface area contributed by atoms with Crippen LogP contribution in [0.4, 0.5) is 0 Å². The number of piperidine rings is 2. The second kappa shape index (κ2) is 5.60. The summed E-state index contributed by atoms with van der Waals surface area (Å²) >= 11 is 1.83. The van der Waals surface area contributed by atoms with Crippen LogP contribution in [-0.2, 0) is 11.2 Å². The number of hydrogen-bond acceptors (Lipinski definition) is 4. The van der Waals surface area contributed by atoms with E-state index in [2.05, 4.69) is 17.1 Å². The minimum Gasteiger partial charge on any atom is -0.333 e. The van der Waals surface area contributed by atoms with Gasteiger partial charge in [-0.1, -0.05) is 0 Å². The van der Waals surface area contributed by atoms with E-state index in [1.165, 1.54) is 29.8 Å². The number of aromatic nitrogens is 1. The summed E-state index contributed by atoms with van der Waals surface area (Å²) in [6, 6.07) is 0.244. The maximum absolute atomic E-state index is 12.6. The number of amides is 1. The van der Waals surface area contributed by atoms with E-state index in [9.17, 15) is 4.79 Å². The molecule has 0 radical (unpaired) electrons. The molecule has 3 aliphatic rings. The molecule has 2 fully saturated rings. The Morgan fingerprint density at radius 2 is 2.09 bits per heavy atom. The highest BCUT2D eigenvalue weighted by Crippen LogP contribution is 2.44. The lowest BCUT2D eigenvalue weighted by atomic mass is 9.72. The summed E-state index contributed by atoms with van der Waals surface area (Å²) < 4.78 is 0. The Hall–Kier alpha value is -0.940. The zero-order valence-electron chi connectivity index (χ0n) is 13.4. The molecule has 3 heterocycles. The summed E-state index contributed by atoms with van der Waals surface area (Å²) in [5.41, 5.74) is 1.58. The molecule has 22 heavy (non-hydrogen) atoms. The normalized spacial score (nSPS) is 28.0. The van der Waals surface area contributed by atoms with Crippen molar-refractivity contribution in [3.05, 3.63) is 15.6 Å². The van der Waals surface area contributed by atoms with Crippen LogP contribution in [0.2, 0.25) is 0 Å². The summed E-state index contributed by atoms with van der Waals surface area (Å²) in [6.07, 6.45) is 7.68. The SMILES string of the molecule is Cc1nc2c(s1)CCCC2N1CC2(CCNCC2)CCC1=O. The minimum atomic E-state index is 0.244. The van der Waals surface area contributed by atoms with Crippen molar-refractivity contribution in [1.29, 1.82) is 0 Å². The minimum absolute atomic E-state index is 0.244. The molecule has 1 amide bonds. The average molecular weight is 319 g/mol. The van der Waals surface area contributed by atoms with E-state index in [0.29, 0.717) is 11.3 Å². The maximum Gasteiger partial charge on any atom is 0.223 e. The molecule has 0 bridgehead atoms. The van der Waals surface area contributed by atoms with Gasteiger partial charge in [0.15, 0.2) is 0 Å². The van der Waals surface area contributed by atoms with Crippen molar-refractivity contribution < 1.29 is 4.79 Å². The van der Waals surface area contributed by atoms with Crippen LogP contribution in [0.1, 0.15) is 60.1 Å². The first-order valence-electron chi connectivity index (χ1n) is 8.63. The van der Waals surface area contributed by atoms with Crippen molar-refractivity contribution in [3.63, 3.8) is 0 Å². The van der Waals surface area contributed by atoms with Crippen molar-refractivity contribution in [2.24, 2.45) is 5.41 Å². The van der Waals surface area contributed by atoms with Gasteiger partial charge in [0, 0.05) is 17.8 Å². The van der Waals surface area contributed by atoms with Gasteiger partial charge in [0.2, 0.25) is 5.91 Å². The molecule has 0 saturated carbocycles. The molecule has 1 N–H and O–H groups in total. The summed E-state index contributed by atoms with van der Waals surface area (Å²) in [5, 5.41) is 4.62. The van der Waals surface area contributed by atoms with Gasteiger partial charge in [-0.25, -0.2) is 4.98 Å². The fourth-order valence-corrected chi connectivity index (χ4v) is 5.55. The number of aryl methyl sites for hydroxylation is 2. The third-order valence-electron chi connectivity index (χ3n) is 5.77. The first-order valence-corrected chi connectivity index (χ1v) is 9.45. The summed E-state index contributed by atoms with van der Waals surface area (Å²) in [6.45, 7) is 5.25. The van der Waals surface area contributed by atoms with Crippen LogP contribution in [0.15, 0.2) is 0 Å². The third-order valence-corrected chi connectivity index (χ3v) is 6.81. The van der Waals surface area contributed by atoms with Crippen molar-refractivity contribution in [2.75, 3.05) is 19.6 Å². The molecular weight excluding hydrogens is 294 g/mol. The highest BCUT2D eigenvalue weighted by atomic mass is 32.1. The summed E-state index contributed by atoms with van der Waals surface area (Å²) in [7, 11) is 0. The average Bonchev–Trinajstić information content (AvgIpc) is 2.91. The van der Waals surface area contributed by atoms with E-state index in [1.807, 2.05) is 11.3 Å². The van der Waals surface area contributed by atoms with Gasteiger partial charge < -0.3 is 10.2 Å². The molecule has 1 aromatic heterocycles. The molecule has 4 rings (SSSR count). The zero-order chi connectivity index (χ0) is 15.2. The number of likely N-dealkylation sites (tertiary alicyclic amines) is 1. The lowest BCUT2D eigenvalue weighted by Crippen LogP contribution is -2.52. The smallest absolute Gasteiger partial charge is 0.223 e. The number of rotatable bonds is 1. The van der Waals surface area contributed by atoms with Crippen molar-refractivity contribution in [2.45, 2.75) is 57.9 Å². The Balaban J connectivity index is 1.62. The molecule has 1 atom stereocenters. The van der Waals surface area contributed by atoms with E-state index in [-0.39, 0.29) is 6.04 Å². The molecule has 2 saturated heterocycles. The topological polar surface area (TPSA) is 45.2 Å². The molecule has 1 aliphatic carbocycles. The molecule has 2 aliphatic heterocycles. The van der Waals surface area contributed by atoms with Crippen LogP contribution >= 0.6 is 11.3 Å². The van der Waals surface area contributed by atoms with Crippen molar-refractivity contribution in [1.82, 2.24) is 15.2 Å². The van der Waals surface area contributed by atoms with E-state index >= 15 is 0 Å². The lowest BCUT2D eigenvalue weighted by Gasteiger charge is -2.48. The molecule has 4 nitrogen and oxygen atoms in total. The lowest BCUT2D eigenvalue weighted by molar-refractivity contribution is -0.142. The first kappa shape index (κ1) is 14.6. The number of nitrogens with one attached hydrogen (secondary N) is 1. The highest BCUT2D eigenvalue weighted by molar-refractivity contribution is 7.11. The van der Waals surface area contributed by atoms with E-state index < -0.39 is 0 Å². The highest BCUT2D eigenvalue weighted by Gasteiger charge is 2.43. The van der Waals surface area contributed by atoms with E-state index in [0.717, 1.165) is 50.3 Å². The van der Waals surface area contributed by atoms with Gasteiger partial charge in [-0.05, 0) is 64.0 Å². The van der Waals surface area contributed by atoms with Crippen LogP contribution < -0.4 is 5.32 Å². The Morgan fingerprint density at radius 1 is 1.27 bits per heavy atom. The monoisotopic (exact) mass is 319 g/mol. The Morgan fingerprint density at radius 3 is 2.91 bits per heavy atom. The number of thiazole rings is 1. The largest absolute Gasteiger partial charge is 0.333 e.